The smallest absolute Gasteiger partial charge is 0.315 e. The molecule has 1 aromatic heterocycles. The molecule has 7 heteroatoms. The molecule has 0 bridgehead atoms. The van der Waals surface area contributed by atoms with Crippen molar-refractivity contribution in [3.05, 3.63) is 16.1 Å². The number of hydrogen-bond acceptors (Lipinski definition) is 4. The summed E-state index contributed by atoms with van der Waals surface area (Å²) in [6.45, 7) is 8.34. The molecule has 0 radical (unpaired) electrons. The number of aryl methyl sites for hydroxylation is 1. The Labute approximate surface area is 129 Å². The van der Waals surface area contributed by atoms with E-state index in [1.807, 2.05) is 27.7 Å². The van der Waals surface area contributed by atoms with Gasteiger partial charge in [0.25, 0.3) is 0 Å². The first-order valence-corrected chi connectivity index (χ1v) is 7.65. The third-order valence-corrected chi connectivity index (χ3v) is 3.60. The molecule has 1 atom stereocenters. The zero-order chi connectivity index (χ0) is 16.0. The lowest BCUT2D eigenvalue weighted by molar-refractivity contribution is -0.137. The van der Waals surface area contributed by atoms with E-state index in [9.17, 15) is 9.59 Å². The van der Waals surface area contributed by atoms with E-state index < -0.39 is 5.97 Å². The van der Waals surface area contributed by atoms with Gasteiger partial charge in [0.15, 0.2) is 0 Å². The van der Waals surface area contributed by atoms with E-state index in [4.69, 9.17) is 5.11 Å². The molecule has 1 unspecified atom stereocenters. The van der Waals surface area contributed by atoms with Crippen LogP contribution in [0.1, 0.15) is 43.5 Å². The Morgan fingerprint density at radius 2 is 2.10 bits per heavy atom. The molecule has 0 spiro atoms. The third kappa shape index (κ3) is 7.65. The van der Waals surface area contributed by atoms with E-state index >= 15 is 0 Å². The molecular weight excluding hydrogens is 290 g/mol. The van der Waals surface area contributed by atoms with Gasteiger partial charge in [-0.2, -0.15) is 0 Å². The van der Waals surface area contributed by atoms with Crippen LogP contribution in [0.5, 0.6) is 0 Å². The second kappa shape index (κ2) is 7.40. The monoisotopic (exact) mass is 313 g/mol. The van der Waals surface area contributed by atoms with Gasteiger partial charge in [-0.3, -0.25) is 4.79 Å². The zero-order valence-electron chi connectivity index (χ0n) is 12.9. The van der Waals surface area contributed by atoms with Crippen LogP contribution in [0.15, 0.2) is 6.20 Å². The Balaban J connectivity index is 2.49. The predicted octanol–water partition coefficient (Wildman–Crippen LogP) is 2.53. The van der Waals surface area contributed by atoms with E-state index in [1.165, 1.54) is 11.3 Å². The Morgan fingerprint density at radius 1 is 1.43 bits per heavy atom. The molecule has 21 heavy (non-hydrogen) atoms. The fourth-order valence-electron chi connectivity index (χ4n) is 2.00. The largest absolute Gasteiger partial charge is 0.481 e. The third-order valence-electron chi connectivity index (χ3n) is 2.68. The Morgan fingerprint density at radius 3 is 2.57 bits per heavy atom. The van der Waals surface area contributed by atoms with Gasteiger partial charge in [0.2, 0.25) is 0 Å². The summed E-state index contributed by atoms with van der Waals surface area (Å²) in [5.41, 5.74) is -0.0557. The van der Waals surface area contributed by atoms with Crippen LogP contribution >= 0.6 is 11.3 Å². The lowest BCUT2D eigenvalue weighted by Gasteiger charge is -2.25. The van der Waals surface area contributed by atoms with E-state index in [-0.39, 0.29) is 23.9 Å². The number of carbonyl (C=O) groups is 2. The number of amides is 2. The minimum Gasteiger partial charge on any atom is -0.481 e. The van der Waals surface area contributed by atoms with Gasteiger partial charge in [0.05, 0.1) is 13.0 Å². The molecule has 0 aliphatic heterocycles. The van der Waals surface area contributed by atoms with E-state index in [1.54, 1.807) is 6.20 Å². The maximum absolute atomic E-state index is 11.9. The average molecular weight is 313 g/mol. The normalized spacial score (nSPS) is 12.8. The van der Waals surface area contributed by atoms with Crippen LogP contribution < -0.4 is 10.6 Å². The molecule has 1 heterocycles. The van der Waals surface area contributed by atoms with E-state index in [2.05, 4.69) is 15.6 Å². The van der Waals surface area contributed by atoms with Gasteiger partial charge in [0, 0.05) is 17.1 Å². The summed E-state index contributed by atoms with van der Waals surface area (Å²) >= 11 is 1.52. The van der Waals surface area contributed by atoms with Gasteiger partial charge in [-0.15, -0.1) is 11.3 Å². The molecule has 0 saturated carbocycles. The molecule has 6 nitrogen and oxygen atoms in total. The van der Waals surface area contributed by atoms with Crippen molar-refractivity contribution in [3.8, 4) is 0 Å². The number of rotatable bonds is 6. The highest BCUT2D eigenvalue weighted by molar-refractivity contribution is 7.11. The van der Waals surface area contributed by atoms with Gasteiger partial charge in [0.1, 0.15) is 5.01 Å². The van der Waals surface area contributed by atoms with Crippen LogP contribution in [0.2, 0.25) is 0 Å². The number of thiazole rings is 1. The number of aromatic nitrogens is 1. The maximum Gasteiger partial charge on any atom is 0.315 e. The highest BCUT2D eigenvalue weighted by atomic mass is 32.1. The highest BCUT2D eigenvalue weighted by Gasteiger charge is 2.22. The number of hydrogen-bond donors (Lipinski definition) is 3. The number of carboxylic acid groups (broad SMARTS) is 1. The molecule has 118 valence electrons. The molecule has 0 saturated heterocycles. The lowest BCUT2D eigenvalue weighted by Crippen LogP contribution is -2.44. The first-order chi connectivity index (χ1) is 9.65. The quantitative estimate of drug-likeness (QED) is 0.752. The van der Waals surface area contributed by atoms with Crippen LogP contribution in [0, 0.1) is 12.3 Å². The number of carboxylic acids is 1. The van der Waals surface area contributed by atoms with E-state index in [0.29, 0.717) is 13.0 Å². The van der Waals surface area contributed by atoms with Crippen LogP contribution in [-0.4, -0.2) is 28.1 Å². The molecular formula is C14H23N3O3S. The van der Waals surface area contributed by atoms with Gasteiger partial charge in [-0.25, -0.2) is 9.78 Å². The molecule has 2 amide bonds. The van der Waals surface area contributed by atoms with Crippen molar-refractivity contribution in [2.24, 2.45) is 5.41 Å². The summed E-state index contributed by atoms with van der Waals surface area (Å²) in [6.07, 6.45) is 2.27. The summed E-state index contributed by atoms with van der Waals surface area (Å²) in [4.78, 5) is 28.0. The van der Waals surface area contributed by atoms with Crippen molar-refractivity contribution in [1.29, 1.82) is 0 Å². The van der Waals surface area contributed by atoms with Crippen LogP contribution in [0.25, 0.3) is 0 Å². The zero-order valence-corrected chi connectivity index (χ0v) is 13.7. The first-order valence-electron chi connectivity index (χ1n) is 6.83. The molecule has 0 fully saturated rings. The van der Waals surface area contributed by atoms with Crippen molar-refractivity contribution in [2.75, 3.05) is 0 Å². The second-order valence-corrected chi connectivity index (χ2v) is 7.57. The van der Waals surface area contributed by atoms with Crippen molar-refractivity contribution >= 4 is 23.3 Å². The number of urea groups is 1. The summed E-state index contributed by atoms with van der Waals surface area (Å²) in [6, 6.07) is -0.751. The van der Waals surface area contributed by atoms with Gasteiger partial charge >= 0.3 is 12.0 Å². The van der Waals surface area contributed by atoms with Gasteiger partial charge in [-0.1, -0.05) is 20.8 Å². The number of nitrogens with zero attached hydrogens (tertiary/aromatic N) is 1. The van der Waals surface area contributed by atoms with Crippen LogP contribution in [0.4, 0.5) is 4.79 Å². The van der Waals surface area contributed by atoms with Gasteiger partial charge in [-0.05, 0) is 18.8 Å². The molecule has 0 aromatic carbocycles. The Hall–Kier alpha value is -1.63. The maximum atomic E-state index is 11.9. The first kappa shape index (κ1) is 17.4. The average Bonchev–Trinajstić information content (AvgIpc) is 2.69. The Bertz CT molecular complexity index is 494. The molecule has 0 aliphatic rings. The van der Waals surface area contributed by atoms with Crippen LogP contribution in [-0.2, 0) is 11.3 Å². The predicted molar refractivity (Wildman–Crippen MR) is 82.3 cm³/mol. The van der Waals surface area contributed by atoms with Gasteiger partial charge < -0.3 is 15.7 Å². The summed E-state index contributed by atoms with van der Waals surface area (Å²) in [7, 11) is 0. The SMILES string of the molecule is Cc1cnc(CNC(=O)NC(CC(=O)O)CC(C)(C)C)s1. The number of nitrogens with one attached hydrogen (secondary N) is 2. The summed E-state index contributed by atoms with van der Waals surface area (Å²) < 4.78 is 0. The van der Waals surface area contributed by atoms with Crippen molar-refractivity contribution in [1.82, 2.24) is 15.6 Å². The van der Waals surface area contributed by atoms with Crippen LogP contribution in [0.3, 0.4) is 0 Å². The molecule has 0 aliphatic carbocycles. The number of carbonyl (C=O) groups excluding carboxylic acids is 1. The van der Waals surface area contributed by atoms with Crippen molar-refractivity contribution in [3.63, 3.8) is 0 Å². The standard InChI is InChI=1S/C14H23N3O3S/c1-9-7-15-11(21-9)8-16-13(20)17-10(5-12(18)19)6-14(2,3)4/h7,10H,5-6,8H2,1-4H3,(H,18,19)(H2,16,17,20). The molecule has 1 aromatic rings. The van der Waals surface area contributed by atoms with E-state index in [0.717, 1.165) is 9.88 Å². The summed E-state index contributed by atoms with van der Waals surface area (Å²) in [5.74, 6) is -0.917. The highest BCUT2D eigenvalue weighted by Crippen LogP contribution is 2.22. The minimum absolute atomic E-state index is 0.0557. The van der Waals surface area contributed by atoms with Crippen molar-refractivity contribution < 1.29 is 14.7 Å². The minimum atomic E-state index is -0.917. The summed E-state index contributed by atoms with van der Waals surface area (Å²) in [5, 5.41) is 15.2. The lowest BCUT2D eigenvalue weighted by atomic mass is 9.87. The number of aliphatic carboxylic acids is 1. The fourth-order valence-corrected chi connectivity index (χ4v) is 2.73. The topological polar surface area (TPSA) is 91.3 Å². The second-order valence-electron chi connectivity index (χ2n) is 6.25. The Kier molecular flexibility index (Phi) is 6.14. The van der Waals surface area contributed by atoms with Crippen molar-refractivity contribution in [2.45, 2.75) is 53.1 Å². The molecule has 1 rings (SSSR count). The molecule has 3 N–H and O–H groups in total. The fraction of sp³-hybridized carbons (Fsp3) is 0.643.